The maximum atomic E-state index is 12.8. The minimum absolute atomic E-state index is 0.0527. The second kappa shape index (κ2) is 9.60. The molecule has 0 aliphatic carbocycles. The summed E-state index contributed by atoms with van der Waals surface area (Å²) in [4.78, 5) is 43.5. The smallest absolute Gasteiger partial charge is 0.307 e. The third kappa shape index (κ3) is 4.99. The number of urea groups is 1. The summed E-state index contributed by atoms with van der Waals surface area (Å²) in [5.74, 6) is -0.531. The number of carbonyl (C=O) groups excluding carboxylic acids is 2. The van der Waals surface area contributed by atoms with E-state index >= 15 is 0 Å². The molecule has 0 atom stereocenters. The molecule has 33 heavy (non-hydrogen) atoms. The highest BCUT2D eigenvalue weighted by molar-refractivity contribution is 7.99. The van der Waals surface area contributed by atoms with E-state index in [-0.39, 0.29) is 11.3 Å². The molecule has 0 bridgehead atoms. The molecule has 168 valence electrons. The van der Waals surface area contributed by atoms with Crippen LogP contribution in [0.3, 0.4) is 0 Å². The van der Waals surface area contributed by atoms with Crippen molar-refractivity contribution >= 4 is 50.9 Å². The van der Waals surface area contributed by atoms with Crippen LogP contribution < -0.4 is 16.2 Å². The van der Waals surface area contributed by atoms with Crippen LogP contribution in [0.1, 0.15) is 11.1 Å². The summed E-state index contributed by atoms with van der Waals surface area (Å²) in [5.41, 5.74) is 3.48. The maximum absolute atomic E-state index is 12.8. The van der Waals surface area contributed by atoms with E-state index in [1.807, 2.05) is 62.4 Å². The standard InChI is InChI=1S/C24H22N4O3S2/c1-14-8-7-11-18(15(14)2)25-23(31)26-20(29)13-32-24-27-21-17(22(30)28(24)3)12-19(33-21)16-9-5-4-6-10-16/h4-12H,13H2,1-3H3,(H2,25,26,29,31). The Labute approximate surface area is 198 Å². The quantitative estimate of drug-likeness (QED) is 0.320. The molecule has 7 nitrogen and oxygen atoms in total. The molecule has 0 spiro atoms. The number of benzene rings is 2. The first-order valence-electron chi connectivity index (χ1n) is 10.2. The zero-order valence-corrected chi connectivity index (χ0v) is 20.0. The number of aryl methyl sites for hydroxylation is 1. The fourth-order valence-corrected chi connectivity index (χ4v) is 5.10. The number of imide groups is 1. The summed E-state index contributed by atoms with van der Waals surface area (Å²) in [7, 11) is 1.63. The molecule has 2 N–H and O–H groups in total. The van der Waals surface area contributed by atoms with Crippen molar-refractivity contribution in [3.63, 3.8) is 0 Å². The molecule has 9 heteroatoms. The lowest BCUT2D eigenvalue weighted by Gasteiger charge is -2.11. The van der Waals surface area contributed by atoms with E-state index in [1.165, 1.54) is 15.9 Å². The predicted octanol–water partition coefficient (Wildman–Crippen LogP) is 4.72. The van der Waals surface area contributed by atoms with Crippen LogP contribution in [0.4, 0.5) is 10.5 Å². The van der Waals surface area contributed by atoms with E-state index in [4.69, 9.17) is 0 Å². The number of nitrogens with zero attached hydrogens (tertiary/aromatic N) is 2. The van der Waals surface area contributed by atoms with Gasteiger partial charge in [-0.2, -0.15) is 0 Å². The van der Waals surface area contributed by atoms with Gasteiger partial charge >= 0.3 is 6.03 Å². The van der Waals surface area contributed by atoms with Gasteiger partial charge in [0.05, 0.1) is 11.1 Å². The van der Waals surface area contributed by atoms with E-state index in [9.17, 15) is 14.4 Å². The van der Waals surface area contributed by atoms with Gasteiger partial charge in [0, 0.05) is 17.6 Å². The molecule has 0 saturated carbocycles. The van der Waals surface area contributed by atoms with Gasteiger partial charge in [-0.3, -0.25) is 19.5 Å². The number of carbonyl (C=O) groups is 2. The number of fused-ring (bicyclic) bond motifs is 1. The van der Waals surface area contributed by atoms with Crippen molar-refractivity contribution in [3.8, 4) is 10.4 Å². The van der Waals surface area contributed by atoms with E-state index in [0.29, 0.717) is 21.1 Å². The van der Waals surface area contributed by atoms with Crippen LogP contribution in [0.2, 0.25) is 0 Å². The van der Waals surface area contributed by atoms with Crippen LogP contribution in [0.25, 0.3) is 20.7 Å². The molecule has 0 saturated heterocycles. The van der Waals surface area contributed by atoms with Crippen molar-refractivity contribution in [2.24, 2.45) is 7.05 Å². The number of amides is 3. The van der Waals surface area contributed by atoms with Crippen molar-refractivity contribution in [2.75, 3.05) is 11.1 Å². The monoisotopic (exact) mass is 478 g/mol. The number of nitrogens with one attached hydrogen (secondary N) is 2. The maximum Gasteiger partial charge on any atom is 0.325 e. The molecule has 2 aromatic heterocycles. The fourth-order valence-electron chi connectivity index (χ4n) is 3.25. The lowest BCUT2D eigenvalue weighted by Crippen LogP contribution is -2.35. The number of hydrogen-bond donors (Lipinski definition) is 2. The number of aromatic nitrogens is 2. The number of hydrogen-bond acceptors (Lipinski definition) is 6. The van der Waals surface area contributed by atoms with Gasteiger partial charge in [0.2, 0.25) is 5.91 Å². The van der Waals surface area contributed by atoms with Crippen molar-refractivity contribution in [1.29, 1.82) is 0 Å². The van der Waals surface area contributed by atoms with E-state index in [2.05, 4.69) is 15.6 Å². The first kappa shape index (κ1) is 22.8. The molecule has 0 fully saturated rings. The Balaban J connectivity index is 1.44. The number of rotatable bonds is 5. The zero-order valence-electron chi connectivity index (χ0n) is 18.3. The largest absolute Gasteiger partial charge is 0.325 e. The molecule has 0 radical (unpaired) electrons. The lowest BCUT2D eigenvalue weighted by molar-refractivity contribution is -0.117. The average Bonchev–Trinajstić information content (AvgIpc) is 3.23. The molecule has 3 amide bonds. The Kier molecular flexibility index (Phi) is 6.62. The predicted molar refractivity (Wildman–Crippen MR) is 134 cm³/mol. The van der Waals surface area contributed by atoms with Crippen molar-refractivity contribution in [3.05, 3.63) is 76.1 Å². The normalized spacial score (nSPS) is 10.9. The molecule has 0 aliphatic heterocycles. The summed E-state index contributed by atoms with van der Waals surface area (Å²) in [6.07, 6.45) is 0. The van der Waals surface area contributed by atoms with Gasteiger partial charge in [0.15, 0.2) is 5.16 Å². The number of thiophene rings is 1. The molecule has 0 aliphatic rings. The van der Waals surface area contributed by atoms with Crippen LogP contribution in [0, 0.1) is 13.8 Å². The number of anilines is 1. The Hall–Kier alpha value is -3.43. The van der Waals surface area contributed by atoms with Gasteiger partial charge in [-0.1, -0.05) is 54.2 Å². The minimum Gasteiger partial charge on any atom is -0.307 e. The fraction of sp³-hybridized carbons (Fsp3) is 0.167. The zero-order chi connectivity index (χ0) is 23.5. The Bertz CT molecular complexity index is 1410. The van der Waals surface area contributed by atoms with Gasteiger partial charge in [0.1, 0.15) is 4.83 Å². The van der Waals surface area contributed by atoms with E-state index in [0.717, 1.165) is 33.3 Å². The van der Waals surface area contributed by atoms with Crippen LogP contribution in [0.5, 0.6) is 0 Å². The second-order valence-corrected chi connectivity index (χ2v) is 9.47. The molecule has 4 aromatic rings. The minimum atomic E-state index is -0.600. The molecule has 2 aromatic carbocycles. The molecular formula is C24H22N4O3S2. The van der Waals surface area contributed by atoms with Crippen LogP contribution in [-0.2, 0) is 11.8 Å². The van der Waals surface area contributed by atoms with Crippen LogP contribution >= 0.6 is 23.1 Å². The Morgan fingerprint density at radius 3 is 2.61 bits per heavy atom. The van der Waals surface area contributed by atoms with Crippen molar-refractivity contribution in [1.82, 2.24) is 14.9 Å². The summed E-state index contributed by atoms with van der Waals surface area (Å²) in [6, 6.07) is 16.6. The molecule has 4 rings (SSSR count). The third-order valence-electron chi connectivity index (χ3n) is 5.23. The molecule has 2 heterocycles. The van der Waals surface area contributed by atoms with E-state index in [1.54, 1.807) is 13.1 Å². The molecular weight excluding hydrogens is 456 g/mol. The summed E-state index contributed by atoms with van der Waals surface area (Å²) in [6.45, 7) is 3.85. The highest BCUT2D eigenvalue weighted by atomic mass is 32.2. The van der Waals surface area contributed by atoms with Crippen molar-refractivity contribution < 1.29 is 9.59 Å². The highest BCUT2D eigenvalue weighted by Gasteiger charge is 2.16. The lowest BCUT2D eigenvalue weighted by atomic mass is 10.1. The van der Waals surface area contributed by atoms with Crippen molar-refractivity contribution in [2.45, 2.75) is 19.0 Å². The van der Waals surface area contributed by atoms with Gasteiger partial charge in [-0.25, -0.2) is 9.78 Å². The van der Waals surface area contributed by atoms with Crippen LogP contribution in [0.15, 0.2) is 64.5 Å². The second-order valence-electron chi connectivity index (χ2n) is 7.49. The van der Waals surface area contributed by atoms with Gasteiger partial charge in [-0.15, -0.1) is 11.3 Å². The number of thioether (sulfide) groups is 1. The summed E-state index contributed by atoms with van der Waals surface area (Å²) in [5, 5.41) is 5.97. The molecule has 0 unspecified atom stereocenters. The Morgan fingerprint density at radius 2 is 1.85 bits per heavy atom. The van der Waals surface area contributed by atoms with Gasteiger partial charge in [0.25, 0.3) is 5.56 Å². The van der Waals surface area contributed by atoms with Gasteiger partial charge in [-0.05, 0) is 42.7 Å². The summed E-state index contributed by atoms with van der Waals surface area (Å²) >= 11 is 2.54. The third-order valence-corrected chi connectivity index (χ3v) is 7.34. The highest BCUT2D eigenvalue weighted by Crippen LogP contribution is 2.31. The topological polar surface area (TPSA) is 93.1 Å². The average molecular weight is 479 g/mol. The first-order chi connectivity index (χ1) is 15.8. The Morgan fingerprint density at radius 1 is 1.09 bits per heavy atom. The SMILES string of the molecule is Cc1cccc(NC(=O)NC(=O)CSc2nc3sc(-c4ccccc4)cc3c(=O)n2C)c1C. The van der Waals surface area contributed by atoms with Crippen LogP contribution in [-0.4, -0.2) is 27.2 Å². The first-order valence-corrected chi connectivity index (χ1v) is 12.0. The summed E-state index contributed by atoms with van der Waals surface area (Å²) < 4.78 is 1.43. The van der Waals surface area contributed by atoms with Gasteiger partial charge < -0.3 is 5.32 Å². The van der Waals surface area contributed by atoms with E-state index < -0.39 is 11.9 Å².